The molecule has 2 N–H and O–H groups in total. The summed E-state index contributed by atoms with van der Waals surface area (Å²) in [6.45, 7) is 4.40. The summed E-state index contributed by atoms with van der Waals surface area (Å²) in [5, 5.41) is 9.61. The molecule has 0 saturated carbocycles. The van der Waals surface area contributed by atoms with Crippen LogP contribution in [0.1, 0.15) is 38.2 Å². The molecule has 2 atom stereocenters. The summed E-state index contributed by atoms with van der Waals surface area (Å²) in [5.41, 5.74) is 3.48. The molecule has 0 spiro atoms. The molecule has 0 bridgehead atoms. The Labute approximate surface area is 199 Å². The van der Waals surface area contributed by atoms with E-state index in [-0.39, 0.29) is 30.7 Å². The lowest BCUT2D eigenvalue weighted by molar-refractivity contribution is -0.127. The number of carbonyl (C=O) groups is 3. The minimum atomic E-state index is -0.487. The first-order valence-electron chi connectivity index (χ1n) is 11.5. The van der Waals surface area contributed by atoms with Gasteiger partial charge in [0.25, 0.3) is 0 Å². The van der Waals surface area contributed by atoms with Gasteiger partial charge in [-0.05, 0) is 54.3 Å². The fraction of sp³-hybridized carbons (Fsp3) is 0.308. The summed E-state index contributed by atoms with van der Waals surface area (Å²) in [4.78, 5) is 39.4. The number of nitrogens with zero attached hydrogens (tertiary/aromatic N) is 3. The second-order valence-corrected chi connectivity index (χ2v) is 8.54. The van der Waals surface area contributed by atoms with Crippen LogP contribution in [0.4, 0.5) is 11.4 Å². The molecule has 2 unspecified atom stereocenters. The molecule has 4 rings (SSSR count). The van der Waals surface area contributed by atoms with Gasteiger partial charge >= 0.3 is 0 Å². The van der Waals surface area contributed by atoms with E-state index >= 15 is 0 Å². The first-order valence-corrected chi connectivity index (χ1v) is 11.5. The molecule has 3 aromatic rings. The van der Waals surface area contributed by atoms with E-state index in [1.807, 2.05) is 48.7 Å². The Morgan fingerprint density at radius 3 is 2.59 bits per heavy atom. The van der Waals surface area contributed by atoms with E-state index in [2.05, 4.69) is 29.6 Å². The summed E-state index contributed by atoms with van der Waals surface area (Å²) in [6.07, 6.45) is 4.63. The first-order chi connectivity index (χ1) is 16.5. The number of benzene rings is 2. The number of nitrogens with one attached hydrogen (secondary N) is 2. The number of aromatic nitrogens is 2. The van der Waals surface area contributed by atoms with Gasteiger partial charge in [0, 0.05) is 36.7 Å². The van der Waals surface area contributed by atoms with Gasteiger partial charge in [0.15, 0.2) is 0 Å². The van der Waals surface area contributed by atoms with Gasteiger partial charge < -0.3 is 15.5 Å². The van der Waals surface area contributed by atoms with Crippen molar-refractivity contribution in [1.82, 2.24) is 15.1 Å². The lowest BCUT2D eigenvalue weighted by atomic mass is 9.96. The standard InChI is InChI=1S/C26H29N5O3/c1-3-18(2)22-7-4-5-8-23(22)30-17-19(15-25(30)33)26(34)27-16-24(32)29-20-9-11-21(12-10-20)31-14-6-13-28-31/h4-14,18-19H,3,15-17H2,1-2H3,(H,27,34)(H,29,32). The molecule has 1 aliphatic heterocycles. The summed E-state index contributed by atoms with van der Waals surface area (Å²) in [5.74, 6) is -0.866. The fourth-order valence-corrected chi connectivity index (χ4v) is 4.12. The number of hydrogen-bond donors (Lipinski definition) is 2. The largest absolute Gasteiger partial charge is 0.347 e. The van der Waals surface area contributed by atoms with Crippen molar-refractivity contribution in [3.05, 3.63) is 72.6 Å². The third-order valence-electron chi connectivity index (χ3n) is 6.21. The average Bonchev–Trinajstić information content (AvgIpc) is 3.53. The lowest BCUT2D eigenvalue weighted by Crippen LogP contribution is -2.38. The van der Waals surface area contributed by atoms with Crippen molar-refractivity contribution in [1.29, 1.82) is 0 Å². The Morgan fingerprint density at radius 2 is 1.88 bits per heavy atom. The van der Waals surface area contributed by atoms with Crippen LogP contribution in [0.15, 0.2) is 67.0 Å². The van der Waals surface area contributed by atoms with Gasteiger partial charge in [-0.15, -0.1) is 0 Å². The molecule has 2 aromatic carbocycles. The second kappa shape index (κ2) is 10.3. The molecule has 8 heteroatoms. The number of rotatable bonds is 8. The molecule has 3 amide bonds. The third-order valence-corrected chi connectivity index (χ3v) is 6.21. The van der Waals surface area contributed by atoms with Gasteiger partial charge in [0.05, 0.1) is 18.2 Å². The van der Waals surface area contributed by atoms with Gasteiger partial charge in [-0.2, -0.15) is 5.10 Å². The quantitative estimate of drug-likeness (QED) is 0.539. The third kappa shape index (κ3) is 5.17. The summed E-state index contributed by atoms with van der Waals surface area (Å²) in [7, 11) is 0. The van der Waals surface area contributed by atoms with Crippen molar-refractivity contribution in [3.8, 4) is 5.69 Å². The smallest absolute Gasteiger partial charge is 0.243 e. The first kappa shape index (κ1) is 23.2. The molecular formula is C26H29N5O3. The minimum absolute atomic E-state index is 0.0716. The highest BCUT2D eigenvalue weighted by Crippen LogP contribution is 2.33. The van der Waals surface area contributed by atoms with Crippen LogP contribution in [-0.4, -0.2) is 40.6 Å². The van der Waals surface area contributed by atoms with E-state index in [0.717, 1.165) is 23.4 Å². The van der Waals surface area contributed by atoms with Crippen LogP contribution in [0.3, 0.4) is 0 Å². The van der Waals surface area contributed by atoms with E-state index in [0.29, 0.717) is 18.2 Å². The van der Waals surface area contributed by atoms with Crippen LogP contribution in [0.2, 0.25) is 0 Å². The maximum absolute atomic E-state index is 12.7. The van der Waals surface area contributed by atoms with E-state index < -0.39 is 5.92 Å². The van der Waals surface area contributed by atoms with Crippen LogP contribution >= 0.6 is 0 Å². The fourth-order valence-electron chi connectivity index (χ4n) is 4.12. The molecule has 0 aliphatic carbocycles. The molecule has 1 aliphatic rings. The molecular weight excluding hydrogens is 430 g/mol. The molecule has 0 radical (unpaired) electrons. The van der Waals surface area contributed by atoms with Crippen molar-refractivity contribution in [2.75, 3.05) is 23.3 Å². The topological polar surface area (TPSA) is 96.3 Å². The van der Waals surface area contributed by atoms with Crippen LogP contribution in [0.25, 0.3) is 5.69 Å². The van der Waals surface area contributed by atoms with E-state index in [1.54, 1.807) is 27.9 Å². The van der Waals surface area contributed by atoms with Crippen LogP contribution < -0.4 is 15.5 Å². The highest BCUT2D eigenvalue weighted by Gasteiger charge is 2.36. The van der Waals surface area contributed by atoms with Gasteiger partial charge in [0.2, 0.25) is 17.7 Å². The van der Waals surface area contributed by atoms with Crippen molar-refractivity contribution in [3.63, 3.8) is 0 Å². The number of anilines is 2. The molecule has 176 valence electrons. The Hall–Kier alpha value is -3.94. The molecule has 2 heterocycles. The zero-order valence-electron chi connectivity index (χ0n) is 19.4. The van der Waals surface area contributed by atoms with Gasteiger partial charge in [0.1, 0.15) is 0 Å². The van der Waals surface area contributed by atoms with Crippen molar-refractivity contribution in [2.24, 2.45) is 5.92 Å². The Morgan fingerprint density at radius 1 is 1.12 bits per heavy atom. The maximum atomic E-state index is 12.7. The van der Waals surface area contributed by atoms with Crippen LogP contribution in [0, 0.1) is 5.92 Å². The molecule has 1 aromatic heterocycles. The number of hydrogen-bond acceptors (Lipinski definition) is 4. The van der Waals surface area contributed by atoms with Gasteiger partial charge in [-0.1, -0.05) is 32.0 Å². The highest BCUT2D eigenvalue weighted by molar-refractivity contribution is 6.02. The summed E-state index contributed by atoms with van der Waals surface area (Å²) in [6, 6.07) is 16.9. The van der Waals surface area contributed by atoms with E-state index in [4.69, 9.17) is 0 Å². The predicted octanol–water partition coefficient (Wildman–Crippen LogP) is 3.49. The summed E-state index contributed by atoms with van der Waals surface area (Å²) < 4.78 is 1.72. The van der Waals surface area contributed by atoms with Crippen LogP contribution in [-0.2, 0) is 14.4 Å². The van der Waals surface area contributed by atoms with Crippen LogP contribution in [0.5, 0.6) is 0 Å². The van der Waals surface area contributed by atoms with Crippen molar-refractivity contribution < 1.29 is 14.4 Å². The number of amides is 3. The molecule has 1 saturated heterocycles. The van der Waals surface area contributed by atoms with Gasteiger partial charge in [-0.3, -0.25) is 14.4 Å². The Kier molecular flexibility index (Phi) is 7.06. The maximum Gasteiger partial charge on any atom is 0.243 e. The Balaban J connectivity index is 1.31. The monoisotopic (exact) mass is 459 g/mol. The predicted molar refractivity (Wildman–Crippen MR) is 131 cm³/mol. The highest BCUT2D eigenvalue weighted by atomic mass is 16.2. The minimum Gasteiger partial charge on any atom is -0.347 e. The second-order valence-electron chi connectivity index (χ2n) is 8.54. The number of carbonyl (C=O) groups excluding carboxylic acids is 3. The lowest BCUT2D eigenvalue weighted by Gasteiger charge is -2.23. The summed E-state index contributed by atoms with van der Waals surface area (Å²) >= 11 is 0. The SMILES string of the molecule is CCC(C)c1ccccc1N1CC(C(=O)NCC(=O)Nc2ccc(-n3cccn3)cc2)CC1=O. The molecule has 8 nitrogen and oxygen atoms in total. The van der Waals surface area contributed by atoms with Gasteiger partial charge in [-0.25, -0.2) is 4.68 Å². The number of para-hydroxylation sites is 1. The zero-order valence-corrected chi connectivity index (χ0v) is 19.4. The van der Waals surface area contributed by atoms with E-state index in [1.165, 1.54) is 0 Å². The molecule has 34 heavy (non-hydrogen) atoms. The normalized spacial score (nSPS) is 16.4. The molecule has 1 fully saturated rings. The zero-order chi connectivity index (χ0) is 24.1. The van der Waals surface area contributed by atoms with E-state index in [9.17, 15) is 14.4 Å². The van der Waals surface area contributed by atoms with Crippen molar-refractivity contribution >= 4 is 29.1 Å². The Bertz CT molecular complexity index is 1160. The average molecular weight is 460 g/mol. The van der Waals surface area contributed by atoms with Crippen molar-refractivity contribution in [2.45, 2.75) is 32.6 Å².